The first kappa shape index (κ1) is 18.7. The van der Waals surface area contributed by atoms with E-state index in [-0.39, 0.29) is 12.0 Å². The van der Waals surface area contributed by atoms with Gasteiger partial charge in [0, 0.05) is 12.3 Å². The summed E-state index contributed by atoms with van der Waals surface area (Å²) in [5.74, 6) is -0.149. The molecule has 4 rings (SSSR count). The summed E-state index contributed by atoms with van der Waals surface area (Å²) in [6, 6.07) is 17.3. The van der Waals surface area contributed by atoms with Gasteiger partial charge in [-0.15, -0.1) is 0 Å². The Labute approximate surface area is 168 Å². The lowest BCUT2D eigenvalue weighted by atomic mass is 10.00. The predicted octanol–water partition coefficient (Wildman–Crippen LogP) is 4.71. The number of amides is 2. The van der Waals surface area contributed by atoms with Crippen molar-refractivity contribution in [3.8, 4) is 0 Å². The highest BCUT2D eigenvalue weighted by Gasteiger charge is 2.25. The SMILES string of the molecule is CCOC(=O)N1CC(c2ccc3cccc(NC(C)=O)c3n2)=Cc2ccccc21. The Morgan fingerprint density at radius 3 is 2.72 bits per heavy atom. The Kier molecular flexibility index (Phi) is 4.99. The number of nitrogens with one attached hydrogen (secondary N) is 1. The average molecular weight is 387 g/mol. The summed E-state index contributed by atoms with van der Waals surface area (Å²) >= 11 is 0. The van der Waals surface area contributed by atoms with E-state index in [1.54, 1.807) is 11.8 Å². The quantitative estimate of drug-likeness (QED) is 0.706. The topological polar surface area (TPSA) is 71.5 Å². The van der Waals surface area contributed by atoms with Crippen LogP contribution in [0.3, 0.4) is 0 Å². The summed E-state index contributed by atoms with van der Waals surface area (Å²) in [5.41, 5.74) is 4.77. The van der Waals surface area contributed by atoms with Crippen molar-refractivity contribution in [3.05, 3.63) is 65.9 Å². The van der Waals surface area contributed by atoms with Crippen LogP contribution in [0, 0.1) is 0 Å². The zero-order valence-corrected chi connectivity index (χ0v) is 16.3. The molecule has 3 aromatic rings. The first-order valence-electron chi connectivity index (χ1n) is 9.48. The number of pyridine rings is 1. The van der Waals surface area contributed by atoms with Gasteiger partial charge in [-0.2, -0.15) is 0 Å². The van der Waals surface area contributed by atoms with Gasteiger partial charge in [0.1, 0.15) is 0 Å². The Morgan fingerprint density at radius 1 is 1.10 bits per heavy atom. The van der Waals surface area contributed by atoms with Gasteiger partial charge in [0.25, 0.3) is 0 Å². The molecule has 1 N–H and O–H groups in total. The third-order valence-corrected chi connectivity index (χ3v) is 4.73. The lowest BCUT2D eigenvalue weighted by Crippen LogP contribution is -2.35. The highest BCUT2D eigenvalue weighted by Crippen LogP contribution is 2.33. The molecule has 0 radical (unpaired) electrons. The molecule has 0 aliphatic carbocycles. The fourth-order valence-corrected chi connectivity index (χ4v) is 3.48. The second kappa shape index (κ2) is 7.75. The molecule has 0 spiro atoms. The maximum absolute atomic E-state index is 12.5. The van der Waals surface area contributed by atoms with E-state index in [9.17, 15) is 9.59 Å². The van der Waals surface area contributed by atoms with Crippen LogP contribution in [-0.2, 0) is 9.53 Å². The molecule has 2 heterocycles. The molecule has 1 aliphatic heterocycles. The molecule has 1 aliphatic rings. The van der Waals surface area contributed by atoms with E-state index >= 15 is 0 Å². The molecule has 146 valence electrons. The maximum Gasteiger partial charge on any atom is 0.414 e. The Morgan fingerprint density at radius 2 is 1.93 bits per heavy atom. The van der Waals surface area contributed by atoms with E-state index in [0.717, 1.165) is 27.9 Å². The highest BCUT2D eigenvalue weighted by atomic mass is 16.6. The normalized spacial score (nSPS) is 12.9. The molecule has 2 amide bonds. The molecule has 0 saturated heterocycles. The molecule has 6 nitrogen and oxygen atoms in total. The number of nitrogens with zero attached hydrogens (tertiary/aromatic N) is 2. The van der Waals surface area contributed by atoms with Crippen molar-refractivity contribution < 1.29 is 14.3 Å². The molecule has 0 bridgehead atoms. The number of para-hydroxylation sites is 2. The van der Waals surface area contributed by atoms with Crippen LogP contribution >= 0.6 is 0 Å². The minimum atomic E-state index is -0.384. The van der Waals surface area contributed by atoms with E-state index < -0.39 is 0 Å². The summed E-state index contributed by atoms with van der Waals surface area (Å²) in [5, 5.41) is 3.76. The van der Waals surface area contributed by atoms with E-state index in [4.69, 9.17) is 9.72 Å². The Hall–Kier alpha value is -3.67. The van der Waals surface area contributed by atoms with Crippen LogP contribution in [0.25, 0.3) is 22.6 Å². The zero-order chi connectivity index (χ0) is 20.4. The van der Waals surface area contributed by atoms with Crippen molar-refractivity contribution >= 4 is 45.9 Å². The predicted molar refractivity (Wildman–Crippen MR) is 115 cm³/mol. The van der Waals surface area contributed by atoms with Gasteiger partial charge in [-0.1, -0.05) is 36.4 Å². The van der Waals surface area contributed by atoms with Crippen molar-refractivity contribution in [2.75, 3.05) is 23.4 Å². The number of aromatic nitrogens is 1. The van der Waals surface area contributed by atoms with E-state index in [2.05, 4.69) is 5.32 Å². The van der Waals surface area contributed by atoms with Crippen molar-refractivity contribution in [2.45, 2.75) is 13.8 Å². The zero-order valence-electron chi connectivity index (χ0n) is 16.3. The lowest BCUT2D eigenvalue weighted by Gasteiger charge is -2.28. The largest absolute Gasteiger partial charge is 0.449 e. The number of anilines is 2. The number of hydrogen-bond donors (Lipinski definition) is 1. The third kappa shape index (κ3) is 3.69. The Balaban J connectivity index is 1.80. The second-order valence-electron chi connectivity index (χ2n) is 6.77. The average Bonchev–Trinajstić information content (AvgIpc) is 2.72. The van der Waals surface area contributed by atoms with Crippen LogP contribution in [0.2, 0.25) is 0 Å². The lowest BCUT2D eigenvalue weighted by molar-refractivity contribution is -0.114. The van der Waals surface area contributed by atoms with Gasteiger partial charge >= 0.3 is 6.09 Å². The molecule has 0 atom stereocenters. The van der Waals surface area contributed by atoms with Crippen LogP contribution in [0.4, 0.5) is 16.2 Å². The van der Waals surface area contributed by atoms with Gasteiger partial charge in [-0.3, -0.25) is 9.69 Å². The monoisotopic (exact) mass is 387 g/mol. The highest BCUT2D eigenvalue weighted by molar-refractivity contribution is 6.02. The molecule has 2 aromatic carbocycles. The fourth-order valence-electron chi connectivity index (χ4n) is 3.48. The minimum Gasteiger partial charge on any atom is -0.449 e. The van der Waals surface area contributed by atoms with Crippen molar-refractivity contribution in [3.63, 3.8) is 0 Å². The summed E-state index contributed by atoms with van der Waals surface area (Å²) in [4.78, 5) is 30.5. The third-order valence-electron chi connectivity index (χ3n) is 4.73. The number of hydrogen-bond acceptors (Lipinski definition) is 4. The van der Waals surface area contributed by atoms with Gasteiger partial charge in [-0.25, -0.2) is 9.78 Å². The van der Waals surface area contributed by atoms with E-state index in [1.165, 1.54) is 6.92 Å². The molecule has 1 aromatic heterocycles. The smallest absolute Gasteiger partial charge is 0.414 e. The number of fused-ring (bicyclic) bond motifs is 2. The van der Waals surface area contributed by atoms with Crippen LogP contribution in [-0.4, -0.2) is 30.1 Å². The molecular weight excluding hydrogens is 366 g/mol. The van der Waals surface area contributed by atoms with Crippen LogP contribution in [0.1, 0.15) is 25.1 Å². The summed E-state index contributed by atoms with van der Waals surface area (Å²) < 4.78 is 5.25. The van der Waals surface area contributed by atoms with Crippen LogP contribution in [0.5, 0.6) is 0 Å². The molecule has 0 unspecified atom stereocenters. The molecule has 0 fully saturated rings. The van der Waals surface area contributed by atoms with Crippen molar-refractivity contribution in [1.82, 2.24) is 4.98 Å². The number of benzene rings is 2. The second-order valence-corrected chi connectivity index (χ2v) is 6.77. The maximum atomic E-state index is 12.5. The number of ether oxygens (including phenoxy) is 1. The summed E-state index contributed by atoms with van der Waals surface area (Å²) in [6.45, 7) is 3.93. The van der Waals surface area contributed by atoms with Gasteiger partial charge in [-0.05, 0) is 42.3 Å². The molecule has 29 heavy (non-hydrogen) atoms. The number of carbonyl (C=O) groups excluding carboxylic acids is 2. The molecular formula is C23H21N3O3. The van der Waals surface area contributed by atoms with E-state index in [0.29, 0.717) is 24.4 Å². The number of rotatable bonds is 3. The molecule has 6 heteroatoms. The Bertz CT molecular complexity index is 1140. The van der Waals surface area contributed by atoms with Crippen molar-refractivity contribution in [2.24, 2.45) is 0 Å². The van der Waals surface area contributed by atoms with Crippen LogP contribution in [0.15, 0.2) is 54.6 Å². The van der Waals surface area contributed by atoms with Gasteiger partial charge in [0.05, 0.1) is 35.7 Å². The summed E-state index contributed by atoms with van der Waals surface area (Å²) in [7, 11) is 0. The fraction of sp³-hybridized carbons (Fsp3) is 0.174. The first-order chi connectivity index (χ1) is 14.1. The standard InChI is InChI=1S/C23H21N3O3/c1-3-29-23(28)26-14-18(13-17-7-4-5-10-21(17)26)19-12-11-16-8-6-9-20(22(16)25-19)24-15(2)27/h4-13H,3,14H2,1-2H3,(H,24,27). The van der Waals surface area contributed by atoms with Crippen molar-refractivity contribution in [1.29, 1.82) is 0 Å². The van der Waals surface area contributed by atoms with Crippen LogP contribution < -0.4 is 10.2 Å². The first-order valence-corrected chi connectivity index (χ1v) is 9.48. The molecule has 0 saturated carbocycles. The van der Waals surface area contributed by atoms with Gasteiger partial charge in [0.15, 0.2) is 0 Å². The van der Waals surface area contributed by atoms with E-state index in [1.807, 2.05) is 60.7 Å². The van der Waals surface area contributed by atoms with Gasteiger partial charge in [0.2, 0.25) is 5.91 Å². The summed E-state index contributed by atoms with van der Waals surface area (Å²) in [6.07, 6.45) is 1.66. The van der Waals surface area contributed by atoms with Gasteiger partial charge < -0.3 is 10.1 Å². The number of carbonyl (C=O) groups is 2. The minimum absolute atomic E-state index is 0.149.